The van der Waals surface area contributed by atoms with Crippen LogP contribution < -0.4 is 5.32 Å². The molecule has 3 rings (SSSR count). The molecule has 2 fully saturated rings. The summed E-state index contributed by atoms with van der Waals surface area (Å²) in [4.78, 5) is 23.1. The predicted octanol–water partition coefficient (Wildman–Crippen LogP) is 0.576. The third-order valence-corrected chi connectivity index (χ3v) is 7.54. The molecule has 2 aliphatic heterocycles. The zero-order valence-electron chi connectivity index (χ0n) is 10.5. The summed E-state index contributed by atoms with van der Waals surface area (Å²) in [5, 5.41) is 4.48. The van der Waals surface area contributed by atoms with Gasteiger partial charge in [0.2, 0.25) is 0 Å². The fourth-order valence-corrected chi connectivity index (χ4v) is 5.19. The summed E-state index contributed by atoms with van der Waals surface area (Å²) in [6.45, 7) is 4.37. The van der Waals surface area contributed by atoms with Crippen molar-refractivity contribution >= 4 is 43.1 Å². The summed E-state index contributed by atoms with van der Waals surface area (Å²) in [5.41, 5.74) is 0.599. The van der Waals surface area contributed by atoms with Crippen LogP contribution in [0, 0.1) is 5.41 Å². The van der Waals surface area contributed by atoms with Crippen molar-refractivity contribution in [3.05, 3.63) is 11.4 Å². The summed E-state index contributed by atoms with van der Waals surface area (Å²) in [6, 6.07) is 0. The molecule has 6 heteroatoms. The van der Waals surface area contributed by atoms with Gasteiger partial charge in [0.05, 0.1) is 0 Å². The van der Waals surface area contributed by atoms with Gasteiger partial charge < -0.3 is 0 Å². The van der Waals surface area contributed by atoms with Gasteiger partial charge in [0.25, 0.3) is 0 Å². The van der Waals surface area contributed by atoms with Crippen LogP contribution in [0.25, 0.3) is 0 Å². The monoisotopic (exact) mass is 456 g/mol. The zero-order valence-corrected chi connectivity index (χ0v) is 15.9. The molecule has 94 valence electrons. The normalized spacial score (nSPS) is 32.1. The molecule has 1 N–H and O–H groups in total. The van der Waals surface area contributed by atoms with Crippen molar-refractivity contribution in [2.45, 2.75) is 25.4 Å². The van der Waals surface area contributed by atoms with E-state index < -0.39 is 0 Å². The van der Waals surface area contributed by atoms with Crippen LogP contribution in [0.5, 0.6) is 0 Å². The molecule has 2 saturated heterocycles. The van der Waals surface area contributed by atoms with E-state index in [4.69, 9.17) is 0 Å². The molecule has 0 bridgehead atoms. The molecule has 1 aliphatic carbocycles. The first-order valence-corrected chi connectivity index (χ1v) is 9.94. The Morgan fingerprint density at radius 1 is 1.56 bits per heavy atom. The molecule has 4 nitrogen and oxygen atoms in total. The van der Waals surface area contributed by atoms with Crippen LogP contribution in [0.4, 0.5) is 0 Å². The van der Waals surface area contributed by atoms with E-state index in [0.29, 0.717) is 25.8 Å². The number of nitrogens with zero attached hydrogens (tertiary/aromatic N) is 1. The summed E-state index contributed by atoms with van der Waals surface area (Å²) in [7, 11) is 0.104. The Hall–Kier alpha value is 0.192. The maximum atomic E-state index is 12.1. The molecule has 1 amide bonds. The molecule has 0 radical (unpaired) electrons. The van der Waals surface area contributed by atoms with E-state index >= 15 is 0 Å². The maximum absolute atomic E-state index is 12.1. The molecular weight excluding hydrogens is 440 g/mol. The van der Waals surface area contributed by atoms with Gasteiger partial charge in [0.1, 0.15) is 0 Å². The number of carbonyl (C=O) groups is 2. The Bertz CT molecular complexity index is 443. The molecule has 0 spiro atoms. The van der Waals surface area contributed by atoms with Crippen LogP contribution in [-0.2, 0) is 9.59 Å². The Kier molecular flexibility index (Phi) is 3.39. The second-order valence-electron chi connectivity index (χ2n) is 5.54. The van der Waals surface area contributed by atoms with Crippen molar-refractivity contribution in [2.24, 2.45) is 5.41 Å². The number of carbonyl (C=O) groups excluding carboxylic acids is 2. The molecule has 18 heavy (non-hydrogen) atoms. The summed E-state index contributed by atoms with van der Waals surface area (Å²) < 4.78 is 2.75. The van der Waals surface area contributed by atoms with Crippen molar-refractivity contribution in [1.82, 2.24) is 9.99 Å². The first-order valence-electron chi connectivity index (χ1n) is 6.34. The van der Waals surface area contributed by atoms with E-state index in [9.17, 15) is 9.59 Å². The molecular formula is C12H16N2O2PTl. The average molecular weight is 456 g/mol. The van der Waals surface area contributed by atoms with Gasteiger partial charge >= 0.3 is 125 Å². The van der Waals surface area contributed by atoms with Gasteiger partial charge in [-0.15, -0.1) is 0 Å². The number of hydrogen-bond donors (Lipinski definition) is 1. The van der Waals surface area contributed by atoms with E-state index in [1.54, 1.807) is 5.31 Å². The summed E-state index contributed by atoms with van der Waals surface area (Å²) in [6.07, 6.45) is 4.20. The summed E-state index contributed by atoms with van der Waals surface area (Å²) in [5.74, 6) is 0.0732. The first kappa shape index (κ1) is 13.2. The van der Waals surface area contributed by atoms with Crippen LogP contribution >= 0.6 is 8.07 Å². The Morgan fingerprint density at radius 3 is 2.61 bits per heavy atom. The molecule has 3 aliphatic rings. The third kappa shape index (κ3) is 2.43. The van der Waals surface area contributed by atoms with E-state index in [-0.39, 0.29) is 29.3 Å². The molecule has 0 aromatic rings. The van der Waals surface area contributed by atoms with Gasteiger partial charge in [0.15, 0.2) is 0 Å². The zero-order chi connectivity index (χ0) is 12.9. The van der Waals surface area contributed by atoms with Gasteiger partial charge in [-0.25, -0.2) is 0 Å². The van der Waals surface area contributed by atoms with Crippen molar-refractivity contribution in [3.63, 3.8) is 0 Å². The van der Waals surface area contributed by atoms with Gasteiger partial charge in [0, 0.05) is 0 Å². The molecule has 2 unspecified atom stereocenters. The number of hydrogen-bond acceptors (Lipinski definition) is 3. The minimum atomic E-state index is -0.263. The molecule has 2 heterocycles. The Balaban J connectivity index is 1.51. The SMILES string of the molecule is CC1(C(=O)NC[C](=O)[Tl])CCN(P2C3=CC32)CC1. The fourth-order valence-electron chi connectivity index (χ4n) is 2.55. The van der Waals surface area contributed by atoms with Crippen LogP contribution in [0.2, 0.25) is 0 Å². The quantitative estimate of drug-likeness (QED) is 0.498. The van der Waals surface area contributed by atoms with Crippen molar-refractivity contribution in [2.75, 3.05) is 19.6 Å². The predicted molar refractivity (Wildman–Crippen MR) is 71.5 cm³/mol. The van der Waals surface area contributed by atoms with Crippen LogP contribution in [-0.4, -0.2) is 65.0 Å². The van der Waals surface area contributed by atoms with E-state index in [1.165, 1.54) is 0 Å². The minimum absolute atomic E-state index is 0.0732. The van der Waals surface area contributed by atoms with Crippen molar-refractivity contribution in [1.29, 1.82) is 0 Å². The van der Waals surface area contributed by atoms with E-state index in [1.807, 2.05) is 6.92 Å². The number of rotatable bonds is 4. The first-order chi connectivity index (χ1) is 8.51. The van der Waals surface area contributed by atoms with Crippen LogP contribution in [0.15, 0.2) is 11.4 Å². The number of nitrogens with one attached hydrogen (secondary N) is 1. The standard InChI is InChI=1S/C12H16N2O2P.Tl/c1-12(11(16)13-4-7-15)2-5-14(6-3-12)17-9-8-10(9)17;/h8-9H,2-6H2,1H3,(H,13,16);. The van der Waals surface area contributed by atoms with E-state index in [2.05, 4.69) is 16.1 Å². The van der Waals surface area contributed by atoms with Crippen molar-refractivity contribution in [3.8, 4) is 0 Å². The fraction of sp³-hybridized carbons (Fsp3) is 0.667. The molecule has 0 aromatic carbocycles. The van der Waals surface area contributed by atoms with Gasteiger partial charge in [-0.3, -0.25) is 0 Å². The Labute approximate surface area is 124 Å². The number of allylic oxidation sites excluding steroid dienone is 2. The summed E-state index contributed by atoms with van der Waals surface area (Å²) >= 11 is 0.322. The number of fused-ring (bicyclic) bond motifs is 1. The van der Waals surface area contributed by atoms with Crippen LogP contribution in [0.3, 0.4) is 0 Å². The number of amides is 1. The Morgan fingerprint density at radius 2 is 2.17 bits per heavy atom. The average Bonchev–Trinajstić information content (AvgIpc) is 3.19. The molecule has 2 atom stereocenters. The van der Waals surface area contributed by atoms with Gasteiger partial charge in [-0.2, -0.15) is 0 Å². The second-order valence-corrected chi connectivity index (χ2v) is 10.4. The van der Waals surface area contributed by atoms with Gasteiger partial charge in [-0.05, 0) is 0 Å². The van der Waals surface area contributed by atoms with Gasteiger partial charge in [-0.1, -0.05) is 0 Å². The number of piperidine rings is 1. The topological polar surface area (TPSA) is 49.4 Å². The van der Waals surface area contributed by atoms with Crippen molar-refractivity contribution < 1.29 is 9.59 Å². The molecule has 0 aromatic heterocycles. The second kappa shape index (κ2) is 4.63. The third-order valence-electron chi connectivity index (χ3n) is 4.10. The van der Waals surface area contributed by atoms with E-state index in [0.717, 1.165) is 31.6 Å². The molecule has 0 saturated carbocycles. The van der Waals surface area contributed by atoms with Crippen LogP contribution in [0.1, 0.15) is 19.8 Å².